The fourth-order valence-electron chi connectivity index (χ4n) is 3.83. The second kappa shape index (κ2) is 7.34. The fourth-order valence-corrected chi connectivity index (χ4v) is 3.83. The lowest BCUT2D eigenvalue weighted by Crippen LogP contribution is -2.46. The minimum atomic E-state index is -0.200. The van der Waals surface area contributed by atoms with E-state index in [-0.39, 0.29) is 17.7 Å². The van der Waals surface area contributed by atoms with Gasteiger partial charge in [0.25, 0.3) is 0 Å². The zero-order chi connectivity index (χ0) is 17.1. The van der Waals surface area contributed by atoms with Crippen molar-refractivity contribution < 1.29 is 9.59 Å². The van der Waals surface area contributed by atoms with Gasteiger partial charge in [-0.1, -0.05) is 25.1 Å². The summed E-state index contributed by atoms with van der Waals surface area (Å²) in [6.45, 7) is 4.19. The predicted octanol–water partition coefficient (Wildman–Crippen LogP) is 1.81. The average Bonchev–Trinajstić information content (AvgIpc) is 3.02. The number of para-hydroxylation sites is 1. The van der Waals surface area contributed by atoms with E-state index in [1.807, 2.05) is 35.0 Å². The van der Waals surface area contributed by atoms with Gasteiger partial charge in [0.1, 0.15) is 0 Å². The molecule has 3 rings (SSSR count). The van der Waals surface area contributed by atoms with Gasteiger partial charge in [0.05, 0.1) is 5.92 Å². The molecule has 1 aromatic carbocycles. The van der Waals surface area contributed by atoms with E-state index in [1.54, 1.807) is 0 Å². The maximum Gasteiger partial charge on any atom is 0.228 e. The van der Waals surface area contributed by atoms with Crippen molar-refractivity contribution in [3.8, 4) is 0 Å². The summed E-state index contributed by atoms with van der Waals surface area (Å²) in [5, 5.41) is 3.28. The first-order valence-corrected chi connectivity index (χ1v) is 8.98. The molecule has 1 N–H and O–H groups in total. The third-order valence-electron chi connectivity index (χ3n) is 5.35. The summed E-state index contributed by atoms with van der Waals surface area (Å²) in [6, 6.07) is 8.51. The lowest BCUT2D eigenvalue weighted by Gasteiger charge is -2.33. The van der Waals surface area contributed by atoms with E-state index in [2.05, 4.69) is 18.3 Å². The molecule has 0 bridgehead atoms. The van der Waals surface area contributed by atoms with Gasteiger partial charge in [-0.3, -0.25) is 9.59 Å². The number of rotatable bonds is 4. The van der Waals surface area contributed by atoms with Gasteiger partial charge in [0.15, 0.2) is 0 Å². The van der Waals surface area contributed by atoms with E-state index in [0.717, 1.165) is 43.6 Å². The minimum absolute atomic E-state index is 0.0689. The molecule has 0 radical (unpaired) electrons. The zero-order valence-electron chi connectivity index (χ0n) is 14.6. The monoisotopic (exact) mass is 329 g/mol. The van der Waals surface area contributed by atoms with Gasteiger partial charge in [-0.15, -0.1) is 0 Å². The van der Waals surface area contributed by atoms with Crippen LogP contribution in [0.15, 0.2) is 24.3 Å². The first-order valence-electron chi connectivity index (χ1n) is 8.98. The fraction of sp³-hybridized carbons (Fsp3) is 0.579. The van der Waals surface area contributed by atoms with Crippen molar-refractivity contribution in [2.75, 3.05) is 31.6 Å². The summed E-state index contributed by atoms with van der Waals surface area (Å²) in [4.78, 5) is 29.0. The third kappa shape index (κ3) is 3.31. The molecule has 0 aliphatic carbocycles. The molecule has 2 aliphatic heterocycles. The van der Waals surface area contributed by atoms with Gasteiger partial charge in [0, 0.05) is 37.8 Å². The Morgan fingerprint density at radius 1 is 1.25 bits per heavy atom. The Hall–Kier alpha value is -1.88. The molecule has 0 saturated carbocycles. The molecular formula is C19H27N3O2. The highest BCUT2D eigenvalue weighted by molar-refractivity contribution is 6.00. The van der Waals surface area contributed by atoms with Gasteiger partial charge < -0.3 is 15.1 Å². The molecule has 2 saturated heterocycles. The number of likely N-dealkylation sites (tertiary alicyclic amines) is 1. The Morgan fingerprint density at radius 2 is 1.96 bits per heavy atom. The number of hydrogen-bond acceptors (Lipinski definition) is 3. The average molecular weight is 329 g/mol. The van der Waals surface area contributed by atoms with Gasteiger partial charge in [0.2, 0.25) is 11.8 Å². The maximum absolute atomic E-state index is 12.8. The van der Waals surface area contributed by atoms with Crippen molar-refractivity contribution in [2.24, 2.45) is 5.92 Å². The van der Waals surface area contributed by atoms with Crippen molar-refractivity contribution in [2.45, 2.75) is 38.6 Å². The van der Waals surface area contributed by atoms with Crippen LogP contribution in [0.3, 0.4) is 0 Å². The van der Waals surface area contributed by atoms with E-state index in [9.17, 15) is 9.59 Å². The second-order valence-electron chi connectivity index (χ2n) is 6.78. The first-order chi connectivity index (χ1) is 11.6. The number of nitrogens with zero attached hydrogens (tertiary/aromatic N) is 2. The lowest BCUT2D eigenvalue weighted by molar-refractivity contribution is -0.136. The van der Waals surface area contributed by atoms with Crippen LogP contribution < -0.4 is 10.2 Å². The SMILES string of the molecule is CCc1ccccc1N1CC(C(=O)N2CCC(NC)CC2)CC1=O. The van der Waals surface area contributed by atoms with Crippen LogP contribution in [0.4, 0.5) is 5.69 Å². The van der Waals surface area contributed by atoms with Gasteiger partial charge >= 0.3 is 0 Å². The molecule has 0 aromatic heterocycles. The number of anilines is 1. The Morgan fingerprint density at radius 3 is 2.62 bits per heavy atom. The molecule has 1 aromatic rings. The number of carbonyl (C=O) groups is 2. The molecule has 2 heterocycles. The summed E-state index contributed by atoms with van der Waals surface area (Å²) in [5.41, 5.74) is 2.13. The predicted molar refractivity (Wildman–Crippen MR) is 94.9 cm³/mol. The lowest BCUT2D eigenvalue weighted by atomic mass is 10.0. The van der Waals surface area contributed by atoms with E-state index in [0.29, 0.717) is 19.0 Å². The van der Waals surface area contributed by atoms with E-state index >= 15 is 0 Å². The Balaban J connectivity index is 1.67. The van der Waals surface area contributed by atoms with Crippen LogP contribution in [0.5, 0.6) is 0 Å². The molecule has 24 heavy (non-hydrogen) atoms. The number of amides is 2. The summed E-state index contributed by atoms with van der Waals surface area (Å²) in [7, 11) is 1.97. The maximum atomic E-state index is 12.8. The number of piperidine rings is 1. The topological polar surface area (TPSA) is 52.7 Å². The van der Waals surface area contributed by atoms with Crippen molar-refractivity contribution >= 4 is 17.5 Å². The molecule has 0 spiro atoms. The van der Waals surface area contributed by atoms with E-state index in [1.165, 1.54) is 0 Å². The number of benzene rings is 1. The van der Waals surface area contributed by atoms with Crippen molar-refractivity contribution in [1.29, 1.82) is 0 Å². The molecule has 2 amide bonds. The second-order valence-corrected chi connectivity index (χ2v) is 6.78. The highest BCUT2D eigenvalue weighted by atomic mass is 16.2. The van der Waals surface area contributed by atoms with Crippen LogP contribution in [0, 0.1) is 5.92 Å². The van der Waals surface area contributed by atoms with Crippen LogP contribution >= 0.6 is 0 Å². The standard InChI is InChI=1S/C19H27N3O2/c1-3-14-6-4-5-7-17(14)22-13-15(12-18(22)23)19(24)21-10-8-16(20-2)9-11-21/h4-7,15-16,20H,3,8-13H2,1-2H3. The van der Waals surface area contributed by atoms with E-state index in [4.69, 9.17) is 0 Å². The zero-order valence-corrected chi connectivity index (χ0v) is 14.6. The highest BCUT2D eigenvalue weighted by Crippen LogP contribution is 2.29. The minimum Gasteiger partial charge on any atom is -0.342 e. The van der Waals surface area contributed by atoms with Crippen LogP contribution in [0.1, 0.15) is 31.7 Å². The number of aryl methyl sites for hydroxylation is 1. The van der Waals surface area contributed by atoms with Crippen molar-refractivity contribution in [1.82, 2.24) is 10.2 Å². The Bertz CT molecular complexity index is 608. The van der Waals surface area contributed by atoms with Crippen LogP contribution in [-0.2, 0) is 16.0 Å². The molecule has 2 fully saturated rings. The molecule has 2 aliphatic rings. The number of nitrogens with one attached hydrogen (secondary N) is 1. The molecular weight excluding hydrogens is 302 g/mol. The Labute approximate surface area is 144 Å². The van der Waals surface area contributed by atoms with Crippen LogP contribution in [0.25, 0.3) is 0 Å². The van der Waals surface area contributed by atoms with Crippen LogP contribution in [-0.4, -0.2) is 49.4 Å². The summed E-state index contributed by atoms with van der Waals surface area (Å²) in [6.07, 6.45) is 3.20. The molecule has 130 valence electrons. The molecule has 5 heteroatoms. The van der Waals surface area contributed by atoms with Crippen LogP contribution in [0.2, 0.25) is 0 Å². The summed E-state index contributed by atoms with van der Waals surface area (Å²) in [5.74, 6) is 0.0160. The molecule has 1 unspecified atom stereocenters. The van der Waals surface area contributed by atoms with Gasteiger partial charge in [-0.2, -0.15) is 0 Å². The summed E-state index contributed by atoms with van der Waals surface area (Å²) >= 11 is 0. The highest BCUT2D eigenvalue weighted by Gasteiger charge is 2.38. The van der Waals surface area contributed by atoms with E-state index < -0.39 is 0 Å². The normalized spacial score (nSPS) is 22.2. The smallest absolute Gasteiger partial charge is 0.228 e. The number of carbonyl (C=O) groups excluding carboxylic acids is 2. The quantitative estimate of drug-likeness (QED) is 0.917. The number of hydrogen-bond donors (Lipinski definition) is 1. The Kier molecular flexibility index (Phi) is 5.19. The third-order valence-corrected chi connectivity index (χ3v) is 5.35. The van der Waals surface area contributed by atoms with Crippen molar-refractivity contribution in [3.05, 3.63) is 29.8 Å². The van der Waals surface area contributed by atoms with Gasteiger partial charge in [-0.05, 0) is 37.9 Å². The molecule has 5 nitrogen and oxygen atoms in total. The summed E-state index contributed by atoms with van der Waals surface area (Å²) < 4.78 is 0. The molecule has 1 atom stereocenters. The first kappa shape index (κ1) is 17.0. The van der Waals surface area contributed by atoms with Gasteiger partial charge in [-0.25, -0.2) is 0 Å². The van der Waals surface area contributed by atoms with Crippen molar-refractivity contribution in [3.63, 3.8) is 0 Å². The largest absolute Gasteiger partial charge is 0.342 e.